The van der Waals surface area contributed by atoms with Crippen molar-refractivity contribution < 1.29 is 42.1 Å². The maximum atomic E-state index is 12.9. The molecule has 0 saturated heterocycles. The number of allylic oxidation sites excluding steroid dienone is 34. The molecule has 0 aliphatic rings. The molecule has 9 nitrogen and oxygen atoms in total. The van der Waals surface area contributed by atoms with E-state index in [4.69, 9.17) is 18.5 Å². The minimum absolute atomic E-state index is 0.0107. The number of hydrogen-bond acceptors (Lipinski definition) is 7. The van der Waals surface area contributed by atoms with Crippen molar-refractivity contribution in [2.24, 2.45) is 0 Å². The summed E-state index contributed by atoms with van der Waals surface area (Å²) in [6.07, 6.45) is 114. The van der Waals surface area contributed by atoms with E-state index >= 15 is 0 Å². The second kappa shape index (κ2) is 71.9. The summed E-state index contributed by atoms with van der Waals surface area (Å²) < 4.78 is 34.6. The molecule has 0 aromatic rings. The fourth-order valence-electron chi connectivity index (χ4n) is 9.27. The number of carbonyl (C=O) groups excluding carboxylic acids is 2. The molecule has 0 fully saturated rings. The van der Waals surface area contributed by atoms with E-state index in [0.717, 1.165) is 128 Å². The number of carbonyl (C=O) groups is 2. The topological polar surface area (TPSA) is 108 Å². The number of phosphoric acid groups is 1. The Kier molecular flexibility index (Phi) is 67.7. The summed E-state index contributed by atoms with van der Waals surface area (Å²) in [6.45, 7) is 4.12. The van der Waals surface area contributed by atoms with E-state index in [1.165, 1.54) is 89.9 Å². The van der Waals surface area contributed by atoms with Crippen LogP contribution in [-0.2, 0) is 32.7 Å². The Morgan fingerprint density at radius 3 is 0.883 bits per heavy atom. The van der Waals surface area contributed by atoms with E-state index in [1.807, 2.05) is 21.1 Å². The van der Waals surface area contributed by atoms with Crippen molar-refractivity contribution >= 4 is 19.8 Å². The molecule has 0 saturated carbocycles. The maximum absolute atomic E-state index is 12.9. The Balaban J connectivity index is 4.13. The van der Waals surface area contributed by atoms with Gasteiger partial charge in [-0.3, -0.25) is 18.6 Å². The molecule has 10 heteroatoms. The standard InChI is InChI=1S/C84H134NO8P/c1-6-8-10-12-14-16-18-20-22-24-26-28-30-32-34-36-37-38-39-40-41-42-43-44-45-46-47-49-50-52-54-56-58-60-62-64-66-68-70-72-74-76-83(86)90-80-82(81-92-94(88,89)91-79-78-85(3,4)5)93-84(87)77-75-73-71-69-67-65-63-61-59-57-55-53-51-48-35-33-31-29-27-25-23-21-19-17-15-13-11-9-7-2/h8-11,14-17,20-23,26-29,32-35,37-38,40-41,43-44,51,53,57,59,63,65,69,71,82H,6-7,12-13,18-19,24-25,30-31,36,39,42,45-50,52,54-56,58,60-62,64,66-68,70,72-81H2,1-5H3/p+1/b10-8-,11-9-,16-14-,17-15-,22-20-,23-21-,28-26-,29-27-,34-32-,35-33-,38-37-,41-40-,44-43-,53-51-,59-57-,65-63-,71-69-. The summed E-state index contributed by atoms with van der Waals surface area (Å²) in [5.41, 5.74) is 0. The van der Waals surface area contributed by atoms with Crippen LogP contribution < -0.4 is 0 Å². The lowest BCUT2D eigenvalue weighted by Crippen LogP contribution is -2.37. The summed E-state index contributed by atoms with van der Waals surface area (Å²) in [6, 6.07) is 0. The van der Waals surface area contributed by atoms with Crippen molar-refractivity contribution in [2.75, 3.05) is 47.5 Å². The zero-order chi connectivity index (χ0) is 68.3. The number of ether oxygens (including phenoxy) is 2. The van der Waals surface area contributed by atoms with Gasteiger partial charge in [-0.25, -0.2) is 4.57 Å². The van der Waals surface area contributed by atoms with E-state index in [2.05, 4.69) is 220 Å². The number of hydrogen-bond donors (Lipinski definition) is 1. The molecule has 0 radical (unpaired) electrons. The number of esters is 2. The Bertz CT molecular complexity index is 2340. The summed E-state index contributed by atoms with van der Waals surface area (Å²) >= 11 is 0. The predicted octanol–water partition coefficient (Wildman–Crippen LogP) is 24.6. The zero-order valence-electron chi connectivity index (χ0n) is 60.1. The minimum atomic E-state index is -4.42. The van der Waals surface area contributed by atoms with E-state index in [1.54, 1.807) is 0 Å². The number of nitrogens with zero attached hydrogens (tertiary/aromatic N) is 1. The van der Waals surface area contributed by atoms with Crippen molar-refractivity contribution in [3.05, 3.63) is 207 Å². The molecule has 0 heterocycles. The van der Waals surface area contributed by atoms with Crippen LogP contribution in [0.3, 0.4) is 0 Å². The third kappa shape index (κ3) is 75.6. The van der Waals surface area contributed by atoms with Crippen LogP contribution in [0.15, 0.2) is 207 Å². The van der Waals surface area contributed by atoms with E-state index in [0.29, 0.717) is 23.9 Å². The highest BCUT2D eigenvalue weighted by atomic mass is 31.2. The van der Waals surface area contributed by atoms with Gasteiger partial charge in [-0.1, -0.05) is 310 Å². The monoisotopic (exact) mass is 1320 g/mol. The van der Waals surface area contributed by atoms with Crippen LogP contribution in [0.25, 0.3) is 0 Å². The molecule has 0 spiro atoms. The van der Waals surface area contributed by atoms with E-state index in [-0.39, 0.29) is 32.0 Å². The molecular formula is C84H135NO8P+. The lowest BCUT2D eigenvalue weighted by Gasteiger charge is -2.24. The largest absolute Gasteiger partial charge is 0.472 e. The first-order valence-corrected chi connectivity index (χ1v) is 38.3. The number of quaternary nitrogens is 1. The zero-order valence-corrected chi connectivity index (χ0v) is 61.0. The van der Waals surface area contributed by atoms with Gasteiger partial charge in [0.25, 0.3) is 0 Å². The van der Waals surface area contributed by atoms with Crippen LogP contribution in [0.4, 0.5) is 0 Å². The predicted molar refractivity (Wildman–Crippen MR) is 408 cm³/mol. The maximum Gasteiger partial charge on any atom is 0.472 e. The average molecular weight is 1320 g/mol. The Morgan fingerprint density at radius 2 is 0.585 bits per heavy atom. The van der Waals surface area contributed by atoms with Crippen molar-refractivity contribution in [3.8, 4) is 0 Å². The molecule has 0 amide bonds. The lowest BCUT2D eigenvalue weighted by molar-refractivity contribution is -0.870. The van der Waals surface area contributed by atoms with Gasteiger partial charge in [0.2, 0.25) is 0 Å². The Labute approximate surface area is 576 Å². The van der Waals surface area contributed by atoms with Crippen molar-refractivity contribution in [1.29, 1.82) is 0 Å². The van der Waals surface area contributed by atoms with Gasteiger partial charge in [0, 0.05) is 12.8 Å². The second-order valence-corrected chi connectivity index (χ2v) is 26.3. The van der Waals surface area contributed by atoms with Crippen molar-refractivity contribution in [2.45, 2.75) is 264 Å². The number of likely N-dealkylation sites (N-methyl/N-ethyl adjacent to an activating group) is 1. The van der Waals surface area contributed by atoms with Crippen LogP contribution >= 0.6 is 7.82 Å². The summed E-state index contributed by atoms with van der Waals surface area (Å²) in [4.78, 5) is 35.9. The number of unbranched alkanes of at least 4 members (excludes halogenated alkanes) is 17. The fourth-order valence-corrected chi connectivity index (χ4v) is 10.0. The van der Waals surface area contributed by atoms with E-state index < -0.39 is 26.5 Å². The van der Waals surface area contributed by atoms with Crippen LogP contribution in [0.5, 0.6) is 0 Å². The molecule has 0 bridgehead atoms. The van der Waals surface area contributed by atoms with Gasteiger partial charge in [-0.05, 0) is 141 Å². The molecular weight excluding hydrogens is 1180 g/mol. The molecule has 0 rings (SSSR count). The highest BCUT2D eigenvalue weighted by molar-refractivity contribution is 7.47. The molecule has 0 aliphatic carbocycles. The summed E-state index contributed by atoms with van der Waals surface area (Å²) in [5, 5.41) is 0. The average Bonchev–Trinajstić information content (AvgIpc) is 1.65. The lowest BCUT2D eigenvalue weighted by atomic mass is 10.0. The van der Waals surface area contributed by atoms with Crippen LogP contribution in [0.1, 0.15) is 258 Å². The Morgan fingerprint density at radius 1 is 0.330 bits per heavy atom. The summed E-state index contributed by atoms with van der Waals surface area (Å²) in [7, 11) is 1.42. The molecule has 0 aliphatic heterocycles. The van der Waals surface area contributed by atoms with Crippen LogP contribution in [0, 0.1) is 0 Å². The number of phosphoric ester groups is 1. The molecule has 0 aromatic carbocycles. The van der Waals surface area contributed by atoms with Crippen molar-refractivity contribution in [1.82, 2.24) is 0 Å². The minimum Gasteiger partial charge on any atom is -0.462 e. The SMILES string of the molecule is CC/C=C\C/C=C\C/C=C\C/C=C\C/C=C\C/C=C\C/C=C\C/C=C\C/C=C\CCCC(=O)OC(COC(=O)CCCCCCCCCCCCCCCCCC/C=C\C/C=C\C/C=C\C/C=C\C/C=C\C/C=C\C/C=C\C/C=C\CC)COP(=O)(O)OCC[N+](C)(C)C. The van der Waals surface area contributed by atoms with Gasteiger partial charge >= 0.3 is 19.8 Å². The highest BCUT2D eigenvalue weighted by Gasteiger charge is 2.27. The molecule has 0 aromatic heterocycles. The molecule has 1 N–H and O–H groups in total. The van der Waals surface area contributed by atoms with Gasteiger partial charge in [0.05, 0.1) is 27.7 Å². The molecule has 2 unspecified atom stereocenters. The van der Waals surface area contributed by atoms with Gasteiger partial charge in [0.15, 0.2) is 6.10 Å². The molecule has 2 atom stereocenters. The van der Waals surface area contributed by atoms with Gasteiger partial charge in [0.1, 0.15) is 19.8 Å². The van der Waals surface area contributed by atoms with Gasteiger partial charge in [-0.2, -0.15) is 0 Å². The quantitative estimate of drug-likeness (QED) is 0.0211. The first kappa shape index (κ1) is 88.6. The third-order valence-electron chi connectivity index (χ3n) is 14.8. The normalized spacial score (nSPS) is 14.3. The van der Waals surface area contributed by atoms with Gasteiger partial charge < -0.3 is 18.9 Å². The summed E-state index contributed by atoms with van der Waals surface area (Å²) in [5.74, 6) is -0.878. The smallest absolute Gasteiger partial charge is 0.462 e. The van der Waals surface area contributed by atoms with Crippen LogP contribution in [-0.4, -0.2) is 74.9 Å². The van der Waals surface area contributed by atoms with Crippen LogP contribution in [0.2, 0.25) is 0 Å². The molecule has 528 valence electrons. The fraction of sp³-hybridized carbons (Fsp3) is 0.571. The van der Waals surface area contributed by atoms with Gasteiger partial charge in [-0.15, -0.1) is 0 Å². The second-order valence-electron chi connectivity index (χ2n) is 24.9. The van der Waals surface area contributed by atoms with E-state index in [9.17, 15) is 19.0 Å². The number of rotatable bonds is 65. The highest BCUT2D eigenvalue weighted by Crippen LogP contribution is 2.43. The molecule has 94 heavy (non-hydrogen) atoms. The Hall–Kier alpha value is -5.41. The first-order chi connectivity index (χ1) is 46.0. The first-order valence-electron chi connectivity index (χ1n) is 36.8. The van der Waals surface area contributed by atoms with Crippen molar-refractivity contribution in [3.63, 3.8) is 0 Å². The third-order valence-corrected chi connectivity index (χ3v) is 15.8.